The van der Waals surface area contributed by atoms with Gasteiger partial charge in [-0.2, -0.15) is 0 Å². The van der Waals surface area contributed by atoms with Crippen LogP contribution in [-0.2, 0) is 60.6 Å². The number of hydrogen-bond acceptors (Lipinski definition) is 14. The lowest BCUT2D eigenvalue weighted by Crippen LogP contribution is -2.30. The lowest BCUT2D eigenvalue weighted by atomic mass is 10.1. The van der Waals surface area contributed by atoms with Crippen LogP contribution < -0.4 is 0 Å². The minimum absolute atomic E-state index is 0. The zero-order valence-corrected chi connectivity index (χ0v) is 27.9. The molecule has 0 bridgehead atoms. The smallest absolute Gasteiger partial charge is 0.463 e. The van der Waals surface area contributed by atoms with Gasteiger partial charge in [-0.15, -0.1) is 0 Å². The van der Waals surface area contributed by atoms with Crippen molar-refractivity contribution in [3.8, 4) is 0 Å². The Kier molecular flexibility index (Phi) is 27.0. The molecule has 5 atom stereocenters. The first kappa shape index (κ1) is 45.7. The molecule has 16 nitrogen and oxygen atoms in total. The Morgan fingerprint density at radius 2 is 1.07 bits per heavy atom. The van der Waals surface area contributed by atoms with Crippen molar-refractivity contribution in [3.63, 3.8) is 0 Å². The fourth-order valence-electron chi connectivity index (χ4n) is 3.20. The number of carbonyl (C=O) groups excluding carboxylic acids is 3. The van der Waals surface area contributed by atoms with E-state index in [-0.39, 0.29) is 39.9 Å². The molecule has 0 aromatic heterocycles. The summed E-state index contributed by atoms with van der Waals surface area (Å²) >= 11 is 0. The Morgan fingerprint density at radius 1 is 0.600 bits per heavy atom. The maximum atomic E-state index is 12.3. The number of aliphatic hydroxyl groups is 1. The summed E-state index contributed by atoms with van der Waals surface area (Å²) < 4.78 is 64.2. The van der Waals surface area contributed by atoms with Crippen LogP contribution in [0.2, 0.25) is 0 Å². The predicted molar refractivity (Wildman–Crippen MR) is 162 cm³/mol. The number of phosphoric acid groups is 2. The highest BCUT2D eigenvalue weighted by molar-refractivity contribution is 7.47. The molecule has 0 saturated heterocycles. The highest BCUT2D eigenvalue weighted by Gasteiger charge is 2.29. The van der Waals surface area contributed by atoms with Gasteiger partial charge in [-0.1, -0.05) is 47.5 Å². The van der Waals surface area contributed by atoms with Crippen LogP contribution in [-0.4, -0.2) is 97.4 Å². The van der Waals surface area contributed by atoms with Gasteiger partial charge >= 0.3 is 33.6 Å². The maximum absolute atomic E-state index is 12.3. The minimum atomic E-state index is -4.82. The molecule has 18 heteroatoms. The summed E-state index contributed by atoms with van der Waals surface area (Å²) in [5.41, 5.74) is 0. The van der Waals surface area contributed by atoms with Gasteiger partial charge in [0.15, 0.2) is 6.10 Å². The molecule has 0 aliphatic rings. The summed E-state index contributed by atoms with van der Waals surface area (Å²) in [5, 5.41) is 10.0. The topological polar surface area (TPSA) is 220 Å². The van der Waals surface area contributed by atoms with Gasteiger partial charge in [0.25, 0.3) is 0 Å². The Hall–Kier alpha value is -1.45. The standard InChI is InChI=1S/C26H50O16P2.CH4/c1-5-9-10-11-14-26(30)42-23(18-37-25(29)13-7-3)20-41-44(33,34)39-16-21(27)15-38-43(31,32)40-19-22(35-8-4)17-36-24(28)12-6-2;/h21-23,27H,5-20H2,1-4H3,(H,31,32)(H,33,34);1H4/t21-,22-,23-;/m1./s1. The van der Waals surface area contributed by atoms with Gasteiger partial charge in [-0.05, 0) is 26.2 Å². The van der Waals surface area contributed by atoms with Gasteiger partial charge in [0.1, 0.15) is 25.4 Å². The molecule has 0 amide bonds. The van der Waals surface area contributed by atoms with Gasteiger partial charge < -0.3 is 33.8 Å². The van der Waals surface area contributed by atoms with Crippen molar-refractivity contribution in [2.24, 2.45) is 0 Å². The third kappa shape index (κ3) is 26.3. The van der Waals surface area contributed by atoms with E-state index >= 15 is 0 Å². The molecule has 0 rings (SSSR count). The summed E-state index contributed by atoms with van der Waals surface area (Å²) in [6.07, 6.45) is 1.20. The van der Waals surface area contributed by atoms with E-state index in [2.05, 4.69) is 0 Å². The van der Waals surface area contributed by atoms with Gasteiger partial charge in [0.2, 0.25) is 0 Å². The van der Waals surface area contributed by atoms with E-state index in [1.165, 1.54) is 0 Å². The van der Waals surface area contributed by atoms with E-state index in [9.17, 15) is 38.4 Å². The van der Waals surface area contributed by atoms with Crippen molar-refractivity contribution in [1.82, 2.24) is 0 Å². The second-order valence-electron chi connectivity index (χ2n) is 9.64. The van der Waals surface area contributed by atoms with E-state index in [0.29, 0.717) is 19.3 Å². The number of rotatable bonds is 28. The quantitative estimate of drug-likeness (QED) is 0.0451. The molecule has 45 heavy (non-hydrogen) atoms. The first-order valence-corrected chi connectivity index (χ1v) is 17.8. The molecule has 3 N–H and O–H groups in total. The zero-order chi connectivity index (χ0) is 33.4. The van der Waals surface area contributed by atoms with Crippen LogP contribution in [0.15, 0.2) is 0 Å². The van der Waals surface area contributed by atoms with Crippen LogP contribution in [0, 0.1) is 0 Å². The molecule has 0 radical (unpaired) electrons. The molecule has 0 fully saturated rings. The van der Waals surface area contributed by atoms with E-state index < -0.39 is 84.9 Å². The molecule has 0 aliphatic heterocycles. The zero-order valence-electron chi connectivity index (χ0n) is 26.1. The maximum Gasteiger partial charge on any atom is 0.472 e. The molecule has 0 saturated carbocycles. The molecule has 0 aromatic rings. The third-order valence-electron chi connectivity index (χ3n) is 5.41. The fourth-order valence-corrected chi connectivity index (χ4v) is 4.78. The summed E-state index contributed by atoms with van der Waals surface area (Å²) in [6.45, 7) is 4.05. The van der Waals surface area contributed by atoms with E-state index in [4.69, 9.17) is 37.0 Å². The highest BCUT2D eigenvalue weighted by atomic mass is 31.2. The van der Waals surface area contributed by atoms with Gasteiger partial charge in [-0.25, -0.2) is 9.13 Å². The number of aliphatic hydroxyl groups excluding tert-OH is 1. The number of hydrogen-bond donors (Lipinski definition) is 3. The monoisotopic (exact) mass is 696 g/mol. The van der Waals surface area contributed by atoms with Crippen LogP contribution in [0.5, 0.6) is 0 Å². The van der Waals surface area contributed by atoms with Crippen molar-refractivity contribution in [2.45, 2.75) is 111 Å². The second kappa shape index (κ2) is 26.6. The van der Waals surface area contributed by atoms with E-state index in [1.54, 1.807) is 20.8 Å². The Morgan fingerprint density at radius 3 is 1.53 bits per heavy atom. The summed E-state index contributed by atoms with van der Waals surface area (Å²) in [7, 11) is -9.53. The Bertz CT molecular complexity index is 902. The third-order valence-corrected chi connectivity index (χ3v) is 7.31. The number of unbranched alkanes of at least 4 members (excludes halogenated alkanes) is 3. The van der Waals surface area contributed by atoms with E-state index in [0.717, 1.165) is 19.3 Å². The van der Waals surface area contributed by atoms with Crippen LogP contribution in [0.25, 0.3) is 0 Å². The Labute approximate surface area is 266 Å². The van der Waals surface area contributed by atoms with Crippen molar-refractivity contribution < 1.29 is 75.4 Å². The molecular formula is C27H54O16P2. The molecule has 0 aliphatic carbocycles. The van der Waals surface area contributed by atoms with Gasteiger partial charge in [-0.3, -0.25) is 32.5 Å². The van der Waals surface area contributed by atoms with Gasteiger partial charge in [0.05, 0.1) is 26.4 Å². The van der Waals surface area contributed by atoms with Crippen LogP contribution >= 0.6 is 15.6 Å². The number of ether oxygens (including phenoxy) is 4. The summed E-state index contributed by atoms with van der Waals surface area (Å²) in [4.78, 5) is 55.3. The highest BCUT2D eigenvalue weighted by Crippen LogP contribution is 2.45. The molecule has 0 aromatic carbocycles. The first-order valence-electron chi connectivity index (χ1n) is 14.8. The Balaban J connectivity index is 0. The minimum Gasteiger partial charge on any atom is -0.463 e. The largest absolute Gasteiger partial charge is 0.472 e. The van der Waals surface area contributed by atoms with Gasteiger partial charge in [0, 0.05) is 25.9 Å². The molecular weight excluding hydrogens is 642 g/mol. The number of phosphoric ester groups is 2. The average molecular weight is 697 g/mol. The van der Waals surface area contributed by atoms with Crippen molar-refractivity contribution in [1.29, 1.82) is 0 Å². The first-order chi connectivity index (χ1) is 20.8. The summed E-state index contributed by atoms with van der Waals surface area (Å²) in [6, 6.07) is 0. The van der Waals surface area contributed by atoms with Crippen LogP contribution in [0.3, 0.4) is 0 Å². The number of esters is 3. The molecule has 0 spiro atoms. The van der Waals surface area contributed by atoms with E-state index in [1.807, 2.05) is 6.92 Å². The van der Waals surface area contributed by atoms with Crippen LogP contribution in [0.1, 0.15) is 92.9 Å². The molecule has 268 valence electrons. The molecule has 0 heterocycles. The van der Waals surface area contributed by atoms with Crippen molar-refractivity contribution >= 4 is 33.6 Å². The lowest BCUT2D eigenvalue weighted by molar-refractivity contribution is -0.161. The van der Waals surface area contributed by atoms with Crippen LogP contribution in [0.4, 0.5) is 0 Å². The second-order valence-corrected chi connectivity index (χ2v) is 12.5. The molecule has 2 unspecified atom stereocenters. The normalized spacial score (nSPS) is 15.9. The predicted octanol–water partition coefficient (Wildman–Crippen LogP) is 4.22. The average Bonchev–Trinajstić information content (AvgIpc) is 2.96. The summed E-state index contributed by atoms with van der Waals surface area (Å²) in [5.74, 6) is -1.60. The van der Waals surface area contributed by atoms with Crippen molar-refractivity contribution in [3.05, 3.63) is 0 Å². The number of carbonyl (C=O) groups is 3. The SMILES string of the molecule is C.CCCCCCC(=O)O[C@H](COC(=O)CCC)COP(=O)(O)OC[C@H](O)COP(=O)(O)OC[C@@H](COC(=O)CCC)OCC. The van der Waals surface area contributed by atoms with Crippen molar-refractivity contribution in [2.75, 3.05) is 46.2 Å². The lowest BCUT2D eigenvalue weighted by Gasteiger charge is -2.21. The fraction of sp³-hybridized carbons (Fsp3) is 0.889.